The average Bonchev–Trinajstić information content (AvgIpc) is 2.11. The Hall–Kier alpha value is -0.570. The van der Waals surface area contributed by atoms with E-state index in [1.807, 2.05) is 0 Å². The van der Waals surface area contributed by atoms with Crippen LogP contribution < -0.4 is 5.73 Å². The highest BCUT2D eigenvalue weighted by Gasteiger charge is 2.33. The minimum Gasteiger partial charge on any atom is -0.480 e. The van der Waals surface area contributed by atoms with Crippen molar-refractivity contribution in [2.24, 2.45) is 17.6 Å². The zero-order valence-corrected chi connectivity index (χ0v) is 10.4. The minimum atomic E-state index is -1.02. The summed E-state index contributed by atoms with van der Waals surface area (Å²) < 4.78 is 0. The fourth-order valence-corrected chi connectivity index (χ4v) is 1.43. The molecule has 0 aromatic rings. The van der Waals surface area contributed by atoms with Gasteiger partial charge in [-0.25, -0.2) is 0 Å². The van der Waals surface area contributed by atoms with Crippen molar-refractivity contribution in [3.05, 3.63) is 0 Å². The van der Waals surface area contributed by atoms with Crippen molar-refractivity contribution in [2.45, 2.75) is 58.9 Å². The van der Waals surface area contributed by atoms with Crippen molar-refractivity contribution in [1.82, 2.24) is 0 Å². The lowest BCUT2D eigenvalue weighted by Crippen LogP contribution is -2.48. The maximum absolute atomic E-state index is 11.1. The summed E-state index contributed by atoms with van der Waals surface area (Å²) in [5.74, 6) is 0.154. The first-order valence-electron chi connectivity index (χ1n) is 5.80. The van der Waals surface area contributed by atoms with E-state index >= 15 is 0 Å². The SMILES string of the molecule is CC(C)CCC(N)(CCC(C)C)C(=O)O. The number of carbonyl (C=O) groups is 1. The highest BCUT2D eigenvalue weighted by molar-refractivity contribution is 5.78. The molecule has 0 aliphatic rings. The van der Waals surface area contributed by atoms with Crippen molar-refractivity contribution in [2.75, 3.05) is 0 Å². The number of carboxylic acid groups (broad SMARTS) is 1. The second kappa shape index (κ2) is 6.11. The smallest absolute Gasteiger partial charge is 0.323 e. The number of carboxylic acids is 1. The van der Waals surface area contributed by atoms with Crippen molar-refractivity contribution in [1.29, 1.82) is 0 Å². The molecule has 3 N–H and O–H groups in total. The van der Waals surface area contributed by atoms with Gasteiger partial charge < -0.3 is 10.8 Å². The molecular formula is C12H25NO2. The van der Waals surface area contributed by atoms with Crippen molar-refractivity contribution in [3.8, 4) is 0 Å². The summed E-state index contributed by atoms with van der Waals surface area (Å²) in [7, 11) is 0. The molecule has 0 radical (unpaired) electrons. The normalized spacial score (nSPS) is 12.5. The first kappa shape index (κ1) is 14.4. The topological polar surface area (TPSA) is 63.3 Å². The summed E-state index contributed by atoms with van der Waals surface area (Å²) in [6, 6.07) is 0. The predicted molar refractivity (Wildman–Crippen MR) is 62.7 cm³/mol. The average molecular weight is 215 g/mol. The van der Waals surface area contributed by atoms with Crippen LogP contribution in [-0.4, -0.2) is 16.6 Å². The van der Waals surface area contributed by atoms with E-state index in [1.54, 1.807) is 0 Å². The fraction of sp³-hybridized carbons (Fsp3) is 0.917. The lowest BCUT2D eigenvalue weighted by Gasteiger charge is -2.26. The van der Waals surface area contributed by atoms with Gasteiger partial charge in [-0.1, -0.05) is 27.7 Å². The van der Waals surface area contributed by atoms with Crippen LogP contribution in [0.5, 0.6) is 0 Å². The lowest BCUT2D eigenvalue weighted by molar-refractivity contribution is -0.144. The number of hydrogen-bond donors (Lipinski definition) is 2. The van der Waals surface area contributed by atoms with Gasteiger partial charge >= 0.3 is 5.97 Å². The molecule has 3 heteroatoms. The molecule has 0 fully saturated rings. The molecule has 0 atom stereocenters. The molecule has 3 nitrogen and oxygen atoms in total. The summed E-state index contributed by atoms with van der Waals surface area (Å²) >= 11 is 0. The first-order chi connectivity index (χ1) is 6.78. The molecule has 0 bridgehead atoms. The standard InChI is InChI=1S/C12H25NO2/c1-9(2)5-7-12(13,11(14)15)8-6-10(3)4/h9-10H,5-8,13H2,1-4H3,(H,14,15). The van der Waals surface area contributed by atoms with Gasteiger partial charge in [0.1, 0.15) is 5.54 Å². The molecule has 15 heavy (non-hydrogen) atoms. The first-order valence-corrected chi connectivity index (χ1v) is 5.80. The highest BCUT2D eigenvalue weighted by atomic mass is 16.4. The predicted octanol–water partition coefficient (Wildman–Crippen LogP) is 2.64. The van der Waals surface area contributed by atoms with Crippen LogP contribution in [0.3, 0.4) is 0 Å². The summed E-state index contributed by atoms with van der Waals surface area (Å²) in [6.07, 6.45) is 2.90. The Kier molecular flexibility index (Phi) is 5.88. The molecule has 0 saturated carbocycles. The van der Waals surface area contributed by atoms with Gasteiger partial charge in [0.2, 0.25) is 0 Å². The molecule has 0 amide bonds. The fourth-order valence-electron chi connectivity index (χ4n) is 1.43. The van der Waals surface area contributed by atoms with Crippen molar-refractivity contribution >= 4 is 5.97 Å². The van der Waals surface area contributed by atoms with Crippen LogP contribution in [0, 0.1) is 11.8 Å². The van der Waals surface area contributed by atoms with E-state index in [9.17, 15) is 4.79 Å². The Morgan fingerprint density at radius 3 is 1.67 bits per heavy atom. The Labute approximate surface area is 93.0 Å². The molecule has 90 valence electrons. The second-order valence-corrected chi connectivity index (χ2v) is 5.33. The second-order valence-electron chi connectivity index (χ2n) is 5.33. The maximum atomic E-state index is 11.1. The van der Waals surface area contributed by atoms with Gasteiger partial charge in [-0.3, -0.25) is 4.79 Å². The van der Waals surface area contributed by atoms with Crippen LogP contribution in [0.2, 0.25) is 0 Å². The third-order valence-electron chi connectivity index (χ3n) is 2.76. The van der Waals surface area contributed by atoms with E-state index in [-0.39, 0.29) is 0 Å². The van der Waals surface area contributed by atoms with Crippen LogP contribution in [0.15, 0.2) is 0 Å². The molecular weight excluding hydrogens is 190 g/mol. The van der Waals surface area contributed by atoms with Crippen LogP contribution >= 0.6 is 0 Å². The summed E-state index contributed by atoms with van der Waals surface area (Å²) in [6.45, 7) is 8.35. The van der Waals surface area contributed by atoms with E-state index in [1.165, 1.54) is 0 Å². The van der Waals surface area contributed by atoms with E-state index < -0.39 is 11.5 Å². The number of aliphatic carboxylic acids is 1. The third-order valence-corrected chi connectivity index (χ3v) is 2.76. The minimum absolute atomic E-state index is 0.506. The number of nitrogens with two attached hydrogens (primary N) is 1. The number of hydrogen-bond acceptors (Lipinski definition) is 2. The van der Waals surface area contributed by atoms with E-state index in [4.69, 9.17) is 10.8 Å². The zero-order valence-electron chi connectivity index (χ0n) is 10.4. The number of rotatable bonds is 7. The summed E-state index contributed by atoms with van der Waals surface area (Å²) in [4.78, 5) is 11.1. The van der Waals surface area contributed by atoms with Gasteiger partial charge in [0.15, 0.2) is 0 Å². The van der Waals surface area contributed by atoms with E-state index in [0.717, 1.165) is 12.8 Å². The van der Waals surface area contributed by atoms with Crippen molar-refractivity contribution in [3.63, 3.8) is 0 Å². The largest absolute Gasteiger partial charge is 0.480 e. The Balaban J connectivity index is 4.26. The van der Waals surface area contributed by atoms with Gasteiger partial charge in [0.05, 0.1) is 0 Å². The van der Waals surface area contributed by atoms with Crippen LogP contribution in [0.25, 0.3) is 0 Å². The van der Waals surface area contributed by atoms with Crippen LogP contribution in [-0.2, 0) is 4.79 Å². The summed E-state index contributed by atoms with van der Waals surface area (Å²) in [5.41, 5.74) is 4.92. The molecule has 0 unspecified atom stereocenters. The van der Waals surface area contributed by atoms with Gasteiger partial charge in [0, 0.05) is 0 Å². The zero-order chi connectivity index (χ0) is 12.1. The molecule has 0 rings (SSSR count). The summed E-state index contributed by atoms with van der Waals surface area (Å²) in [5, 5.41) is 9.13. The molecule has 0 aliphatic carbocycles. The Bertz CT molecular complexity index is 188. The van der Waals surface area contributed by atoms with Crippen LogP contribution in [0.1, 0.15) is 53.4 Å². The molecule has 0 spiro atoms. The highest BCUT2D eigenvalue weighted by Crippen LogP contribution is 2.22. The lowest BCUT2D eigenvalue weighted by atomic mass is 9.85. The quantitative estimate of drug-likeness (QED) is 0.686. The third kappa shape index (κ3) is 5.78. The molecule has 0 aromatic carbocycles. The van der Waals surface area contributed by atoms with E-state index in [2.05, 4.69) is 27.7 Å². The van der Waals surface area contributed by atoms with Gasteiger partial charge in [-0.2, -0.15) is 0 Å². The van der Waals surface area contributed by atoms with Gasteiger partial charge in [-0.05, 0) is 37.5 Å². The van der Waals surface area contributed by atoms with Gasteiger partial charge in [-0.15, -0.1) is 0 Å². The Morgan fingerprint density at radius 1 is 1.13 bits per heavy atom. The molecule has 0 heterocycles. The Morgan fingerprint density at radius 2 is 1.47 bits per heavy atom. The monoisotopic (exact) mass is 215 g/mol. The van der Waals surface area contributed by atoms with Gasteiger partial charge in [0.25, 0.3) is 0 Å². The molecule has 0 saturated heterocycles. The molecule has 0 aliphatic heterocycles. The van der Waals surface area contributed by atoms with Crippen LogP contribution in [0.4, 0.5) is 0 Å². The van der Waals surface area contributed by atoms with E-state index in [0.29, 0.717) is 24.7 Å². The molecule has 0 aromatic heterocycles. The maximum Gasteiger partial charge on any atom is 0.323 e. The van der Waals surface area contributed by atoms with Crippen molar-refractivity contribution < 1.29 is 9.90 Å².